The first-order chi connectivity index (χ1) is 23.0. The molecule has 5 N–H and O–H groups in total. The summed E-state index contributed by atoms with van der Waals surface area (Å²) in [5, 5.41) is 45.5. The Morgan fingerprint density at radius 2 is 1.67 bits per heavy atom. The Hall–Kier alpha value is -2.08. The first kappa shape index (κ1) is 43.1. The average molecular weight is 694 g/mol. The fourth-order valence-electron chi connectivity index (χ4n) is 7.21. The Morgan fingerprint density at radius 3 is 2.24 bits per heavy atom. The van der Waals surface area contributed by atoms with Crippen LogP contribution in [0, 0.1) is 17.8 Å². The summed E-state index contributed by atoms with van der Waals surface area (Å²) in [7, 11) is 1.75. The van der Waals surface area contributed by atoms with E-state index in [9.17, 15) is 24.9 Å². The van der Waals surface area contributed by atoms with Crippen LogP contribution in [0.4, 0.5) is 0 Å². The molecule has 1 aliphatic carbocycles. The van der Waals surface area contributed by atoms with Gasteiger partial charge in [-0.1, -0.05) is 76.3 Å². The summed E-state index contributed by atoms with van der Waals surface area (Å²) in [5.41, 5.74) is -1.56. The number of methoxy groups -OCH3 is 1. The lowest BCUT2D eigenvalue weighted by Crippen LogP contribution is -2.53. The van der Waals surface area contributed by atoms with Crippen molar-refractivity contribution in [2.75, 3.05) is 13.7 Å². The van der Waals surface area contributed by atoms with E-state index in [1.807, 2.05) is 45.1 Å². The Morgan fingerprint density at radius 1 is 1.02 bits per heavy atom. The number of ether oxygens (including phenoxy) is 3. The van der Waals surface area contributed by atoms with Gasteiger partial charge in [0.25, 0.3) is 0 Å². The number of carbonyl (C=O) groups is 2. The van der Waals surface area contributed by atoms with Gasteiger partial charge in [-0.05, 0) is 83.8 Å². The van der Waals surface area contributed by atoms with Crippen molar-refractivity contribution < 1.29 is 44.2 Å². The first-order valence-electron chi connectivity index (χ1n) is 18.5. The van der Waals surface area contributed by atoms with E-state index in [0.29, 0.717) is 12.3 Å². The zero-order chi connectivity index (χ0) is 36.8. The molecule has 282 valence electrons. The zero-order valence-electron chi connectivity index (χ0n) is 31.4. The van der Waals surface area contributed by atoms with E-state index >= 15 is 0 Å². The van der Waals surface area contributed by atoms with Crippen LogP contribution in [0.25, 0.3) is 0 Å². The summed E-state index contributed by atoms with van der Waals surface area (Å²) in [4.78, 5) is 22.7. The number of aliphatic carboxylic acids is 1. The molecule has 10 atom stereocenters. The summed E-state index contributed by atoms with van der Waals surface area (Å²) in [6.45, 7) is 13.8. The number of carboxylic acid groups (broad SMARTS) is 1. The van der Waals surface area contributed by atoms with Crippen molar-refractivity contribution in [3.8, 4) is 0 Å². The van der Waals surface area contributed by atoms with Gasteiger partial charge in [0, 0.05) is 20.0 Å². The van der Waals surface area contributed by atoms with E-state index in [4.69, 9.17) is 19.3 Å². The number of hydrogen-bond acceptors (Lipinski definition) is 9. The molecule has 0 amide bonds. The van der Waals surface area contributed by atoms with Crippen LogP contribution in [0.5, 0.6) is 0 Å². The number of aliphatic hydroxyl groups is 3. The molecule has 0 aromatic heterocycles. The van der Waals surface area contributed by atoms with Gasteiger partial charge in [0.05, 0.1) is 36.4 Å². The van der Waals surface area contributed by atoms with Crippen LogP contribution >= 0.6 is 0 Å². The van der Waals surface area contributed by atoms with Crippen LogP contribution < -0.4 is 5.32 Å². The third kappa shape index (κ3) is 15.4. The van der Waals surface area contributed by atoms with Crippen LogP contribution in [-0.2, 0) is 23.8 Å². The fourth-order valence-corrected chi connectivity index (χ4v) is 7.21. The van der Waals surface area contributed by atoms with Crippen LogP contribution in [-0.4, -0.2) is 93.8 Å². The normalized spacial score (nSPS) is 25.5. The van der Waals surface area contributed by atoms with E-state index in [1.165, 1.54) is 52.4 Å². The molecular formula is C39H67NO9. The number of nitrogens with one attached hydrogen (secondary N) is 1. The van der Waals surface area contributed by atoms with Gasteiger partial charge in [0.2, 0.25) is 0 Å². The SMILES string of the molecule is CC[C@H](OC)[C@@H](C)C1OC1C(NCC1CCCCCC1)C(C)(O)/C=C/C=C(\C)CC(C)/C=C/[C@H](OC(C)=O)C(C)(O)CCC(O)CC(=O)O. The Kier molecular flexibility index (Phi) is 18.2. The predicted molar refractivity (Wildman–Crippen MR) is 192 cm³/mol. The minimum Gasteiger partial charge on any atom is -0.481 e. The number of epoxide rings is 1. The minimum absolute atomic E-state index is 0.0210. The van der Waals surface area contributed by atoms with Gasteiger partial charge in [-0.3, -0.25) is 9.59 Å². The van der Waals surface area contributed by atoms with Crippen molar-refractivity contribution in [2.45, 2.75) is 167 Å². The third-order valence-electron chi connectivity index (χ3n) is 10.3. The van der Waals surface area contributed by atoms with E-state index in [1.54, 1.807) is 13.2 Å². The van der Waals surface area contributed by atoms with Crippen LogP contribution in [0.1, 0.15) is 119 Å². The number of allylic oxidation sites excluding steroid dienone is 4. The third-order valence-corrected chi connectivity index (χ3v) is 10.3. The van der Waals surface area contributed by atoms with Crippen molar-refractivity contribution in [3.63, 3.8) is 0 Å². The summed E-state index contributed by atoms with van der Waals surface area (Å²) in [5.74, 6) is -0.813. The molecule has 49 heavy (non-hydrogen) atoms. The maximum absolute atomic E-state index is 11.8. The van der Waals surface area contributed by atoms with Crippen molar-refractivity contribution in [2.24, 2.45) is 17.8 Å². The van der Waals surface area contributed by atoms with Crippen LogP contribution in [0.15, 0.2) is 36.0 Å². The topological polar surface area (TPSA) is 158 Å². The Bertz CT molecular complexity index is 1090. The maximum atomic E-state index is 11.8. The molecule has 1 aliphatic heterocycles. The summed E-state index contributed by atoms with van der Waals surface area (Å²) in [6.07, 6.45) is 16.1. The average Bonchev–Trinajstić information content (AvgIpc) is 3.83. The molecule has 0 aromatic rings. The molecule has 10 nitrogen and oxygen atoms in total. The number of carbonyl (C=O) groups excluding carboxylic acids is 1. The quantitative estimate of drug-likeness (QED) is 0.0305. The second-order valence-corrected chi connectivity index (χ2v) is 15.2. The molecule has 1 saturated heterocycles. The van der Waals surface area contributed by atoms with Crippen LogP contribution in [0.3, 0.4) is 0 Å². The van der Waals surface area contributed by atoms with Gasteiger partial charge in [0.1, 0.15) is 17.8 Å². The molecule has 1 heterocycles. The standard InChI is InChI=1S/C39H67NO9/c1-9-32(47-8)28(4)35-36(49-35)37(40-25-30-16-12-10-11-13-17-30)39(7,46)21-14-15-26(2)23-27(3)18-19-33(48-29(5)41)38(6,45)22-20-31(42)24-34(43)44/h14-15,18-19,21,27-28,30-33,35-37,40,42,45-46H,9-13,16-17,20,22-25H2,1-8H3,(H,43,44)/b19-18+,21-14+,26-15+/t27?,28-,31?,32+,33+,35?,36?,37?,38?,39?/m1/s1. The minimum atomic E-state index is -1.50. The number of aliphatic hydroxyl groups excluding tert-OH is 1. The predicted octanol–water partition coefficient (Wildman–Crippen LogP) is 5.88. The monoisotopic (exact) mass is 693 g/mol. The van der Waals surface area contributed by atoms with Gasteiger partial charge in [-0.2, -0.15) is 0 Å². The van der Waals surface area contributed by atoms with Crippen LogP contribution in [0.2, 0.25) is 0 Å². The van der Waals surface area contributed by atoms with Gasteiger partial charge in [0.15, 0.2) is 0 Å². The molecule has 1 saturated carbocycles. The molecule has 0 aromatic carbocycles. The molecule has 10 heteroatoms. The van der Waals surface area contributed by atoms with E-state index < -0.39 is 41.8 Å². The van der Waals surface area contributed by atoms with Crippen molar-refractivity contribution in [1.29, 1.82) is 0 Å². The second kappa shape index (κ2) is 20.7. The summed E-state index contributed by atoms with van der Waals surface area (Å²) >= 11 is 0. The Balaban J connectivity index is 2.09. The second-order valence-electron chi connectivity index (χ2n) is 15.2. The number of esters is 1. The van der Waals surface area contributed by atoms with E-state index in [-0.39, 0.29) is 49.0 Å². The van der Waals surface area contributed by atoms with E-state index in [0.717, 1.165) is 18.5 Å². The molecular weight excluding hydrogens is 626 g/mol. The molecule has 0 spiro atoms. The molecule has 2 aliphatic rings. The van der Waals surface area contributed by atoms with Gasteiger partial charge >= 0.3 is 11.9 Å². The van der Waals surface area contributed by atoms with Gasteiger partial charge in [-0.15, -0.1) is 0 Å². The largest absolute Gasteiger partial charge is 0.481 e. The fraction of sp³-hybridized carbons (Fsp3) is 0.795. The highest BCUT2D eigenvalue weighted by Gasteiger charge is 2.54. The maximum Gasteiger partial charge on any atom is 0.305 e. The molecule has 2 rings (SSSR count). The van der Waals surface area contributed by atoms with Gasteiger partial charge in [-0.25, -0.2) is 0 Å². The number of hydrogen-bond donors (Lipinski definition) is 5. The highest BCUT2D eigenvalue weighted by Crippen LogP contribution is 2.39. The molecule has 7 unspecified atom stereocenters. The van der Waals surface area contributed by atoms with Crippen molar-refractivity contribution in [1.82, 2.24) is 5.32 Å². The van der Waals surface area contributed by atoms with Crippen molar-refractivity contribution in [3.05, 3.63) is 36.0 Å². The summed E-state index contributed by atoms with van der Waals surface area (Å²) in [6, 6.07) is -0.263. The molecule has 2 fully saturated rings. The first-order valence-corrected chi connectivity index (χ1v) is 18.5. The van der Waals surface area contributed by atoms with Crippen molar-refractivity contribution >= 4 is 11.9 Å². The molecule has 0 radical (unpaired) electrons. The lowest BCUT2D eigenvalue weighted by atomic mass is 9.86. The highest BCUT2D eigenvalue weighted by atomic mass is 16.6. The van der Waals surface area contributed by atoms with Gasteiger partial charge < -0.3 is 40.0 Å². The lowest BCUT2D eigenvalue weighted by Gasteiger charge is -2.32. The van der Waals surface area contributed by atoms with E-state index in [2.05, 4.69) is 19.2 Å². The number of carboxylic acids is 1. The summed E-state index contributed by atoms with van der Waals surface area (Å²) < 4.78 is 17.4. The Labute approximate surface area is 295 Å². The zero-order valence-corrected chi connectivity index (χ0v) is 31.4. The highest BCUT2D eigenvalue weighted by molar-refractivity contribution is 5.67. The lowest BCUT2D eigenvalue weighted by molar-refractivity contribution is -0.156. The molecule has 0 bridgehead atoms. The smallest absolute Gasteiger partial charge is 0.305 e. The number of rotatable bonds is 22.